The van der Waals surface area contributed by atoms with Gasteiger partial charge in [0, 0.05) is 17.8 Å². The first kappa shape index (κ1) is 11.2. The molecule has 0 unspecified atom stereocenters. The lowest BCUT2D eigenvalue weighted by atomic mass is 10.2. The van der Waals surface area contributed by atoms with Crippen LogP contribution in [0.4, 0.5) is 0 Å². The van der Waals surface area contributed by atoms with Gasteiger partial charge in [0.15, 0.2) is 0 Å². The van der Waals surface area contributed by atoms with Gasteiger partial charge in [-0.2, -0.15) is 0 Å². The van der Waals surface area contributed by atoms with Crippen LogP contribution in [0.25, 0.3) is 0 Å². The van der Waals surface area contributed by atoms with Crippen LogP contribution in [-0.2, 0) is 0 Å². The summed E-state index contributed by atoms with van der Waals surface area (Å²) in [7, 11) is 0. The number of hydrogen-bond donors (Lipinski definition) is 1. The SMILES string of the molecule is CCCNC(=O)c1csc(C(C)C)n1. The topological polar surface area (TPSA) is 42.0 Å². The average molecular weight is 212 g/mol. The number of nitrogens with one attached hydrogen (secondary N) is 1. The molecule has 1 aromatic heterocycles. The van der Waals surface area contributed by atoms with Gasteiger partial charge in [-0.1, -0.05) is 20.8 Å². The van der Waals surface area contributed by atoms with E-state index < -0.39 is 0 Å². The van der Waals surface area contributed by atoms with Gasteiger partial charge < -0.3 is 5.32 Å². The van der Waals surface area contributed by atoms with Crippen molar-refractivity contribution < 1.29 is 4.79 Å². The Bertz CT molecular complexity index is 307. The van der Waals surface area contributed by atoms with E-state index in [-0.39, 0.29) is 5.91 Å². The second-order valence-corrected chi connectivity index (χ2v) is 4.37. The van der Waals surface area contributed by atoms with Crippen molar-refractivity contribution >= 4 is 17.2 Å². The van der Waals surface area contributed by atoms with E-state index in [4.69, 9.17) is 0 Å². The summed E-state index contributed by atoms with van der Waals surface area (Å²) in [4.78, 5) is 15.7. The largest absolute Gasteiger partial charge is 0.351 e. The lowest BCUT2D eigenvalue weighted by Crippen LogP contribution is -2.24. The molecule has 0 aromatic carbocycles. The summed E-state index contributed by atoms with van der Waals surface area (Å²) in [5, 5.41) is 5.65. The van der Waals surface area contributed by atoms with Crippen LogP contribution in [0, 0.1) is 0 Å². The Kier molecular flexibility index (Phi) is 4.07. The van der Waals surface area contributed by atoms with Crippen LogP contribution in [0.3, 0.4) is 0 Å². The molecule has 4 heteroatoms. The Hall–Kier alpha value is -0.900. The Morgan fingerprint density at radius 1 is 1.64 bits per heavy atom. The molecule has 3 nitrogen and oxygen atoms in total. The molecule has 1 amide bonds. The van der Waals surface area contributed by atoms with Gasteiger partial charge >= 0.3 is 0 Å². The van der Waals surface area contributed by atoms with E-state index in [2.05, 4.69) is 24.1 Å². The zero-order chi connectivity index (χ0) is 10.6. The predicted octanol–water partition coefficient (Wildman–Crippen LogP) is 2.41. The van der Waals surface area contributed by atoms with Crippen molar-refractivity contribution in [1.29, 1.82) is 0 Å². The molecular formula is C10H16N2OS. The highest BCUT2D eigenvalue weighted by Gasteiger charge is 2.11. The van der Waals surface area contributed by atoms with Crippen LogP contribution in [0.1, 0.15) is 48.6 Å². The van der Waals surface area contributed by atoms with E-state index in [1.807, 2.05) is 12.3 Å². The van der Waals surface area contributed by atoms with Crippen molar-refractivity contribution in [2.45, 2.75) is 33.1 Å². The number of carbonyl (C=O) groups excluding carboxylic acids is 1. The van der Waals surface area contributed by atoms with Crippen LogP contribution < -0.4 is 5.32 Å². The lowest BCUT2D eigenvalue weighted by molar-refractivity contribution is 0.0949. The Labute approximate surface area is 88.6 Å². The van der Waals surface area contributed by atoms with Gasteiger partial charge in [-0.05, 0) is 6.42 Å². The number of carbonyl (C=O) groups is 1. The number of aromatic nitrogens is 1. The fourth-order valence-corrected chi connectivity index (χ4v) is 1.80. The number of amides is 1. The van der Waals surface area contributed by atoms with Gasteiger partial charge in [-0.3, -0.25) is 4.79 Å². The summed E-state index contributed by atoms with van der Waals surface area (Å²) in [6.45, 7) is 6.90. The van der Waals surface area contributed by atoms with E-state index in [1.54, 1.807) is 11.3 Å². The van der Waals surface area contributed by atoms with Gasteiger partial charge in [0.2, 0.25) is 0 Å². The molecule has 1 heterocycles. The maximum absolute atomic E-state index is 11.5. The van der Waals surface area contributed by atoms with Gasteiger partial charge in [-0.25, -0.2) is 4.98 Å². The molecule has 0 spiro atoms. The minimum atomic E-state index is -0.0602. The number of rotatable bonds is 4. The quantitative estimate of drug-likeness (QED) is 0.832. The highest BCUT2D eigenvalue weighted by atomic mass is 32.1. The summed E-state index contributed by atoms with van der Waals surface area (Å²) >= 11 is 1.55. The minimum Gasteiger partial charge on any atom is -0.351 e. The highest BCUT2D eigenvalue weighted by Crippen LogP contribution is 2.18. The van der Waals surface area contributed by atoms with Crippen LogP contribution in [0.2, 0.25) is 0 Å². The maximum atomic E-state index is 11.5. The summed E-state index contributed by atoms with van der Waals surface area (Å²) in [6.07, 6.45) is 0.951. The minimum absolute atomic E-state index is 0.0602. The zero-order valence-corrected chi connectivity index (χ0v) is 9.65. The van der Waals surface area contributed by atoms with Gasteiger partial charge in [0.05, 0.1) is 5.01 Å². The molecule has 1 N–H and O–H groups in total. The highest BCUT2D eigenvalue weighted by molar-refractivity contribution is 7.09. The molecule has 14 heavy (non-hydrogen) atoms. The predicted molar refractivity (Wildman–Crippen MR) is 58.8 cm³/mol. The number of nitrogens with zero attached hydrogens (tertiary/aromatic N) is 1. The maximum Gasteiger partial charge on any atom is 0.270 e. The Balaban J connectivity index is 2.62. The molecule has 0 radical (unpaired) electrons. The van der Waals surface area contributed by atoms with Crippen LogP contribution in [0.5, 0.6) is 0 Å². The first-order chi connectivity index (χ1) is 6.65. The standard InChI is InChI=1S/C10H16N2OS/c1-4-5-11-9(13)8-6-14-10(12-8)7(2)3/h6-7H,4-5H2,1-3H3,(H,11,13). The molecule has 0 bridgehead atoms. The van der Waals surface area contributed by atoms with Crippen molar-refractivity contribution in [2.24, 2.45) is 0 Å². The van der Waals surface area contributed by atoms with E-state index in [1.165, 1.54) is 0 Å². The fraction of sp³-hybridized carbons (Fsp3) is 0.600. The third kappa shape index (κ3) is 2.80. The van der Waals surface area contributed by atoms with Crippen molar-refractivity contribution in [3.05, 3.63) is 16.1 Å². The zero-order valence-electron chi connectivity index (χ0n) is 8.83. The second kappa shape index (κ2) is 5.10. The smallest absolute Gasteiger partial charge is 0.270 e. The molecule has 0 atom stereocenters. The summed E-state index contributed by atoms with van der Waals surface area (Å²) in [5.74, 6) is 0.336. The van der Waals surface area contributed by atoms with Gasteiger partial charge in [-0.15, -0.1) is 11.3 Å². The third-order valence-electron chi connectivity index (χ3n) is 1.78. The fourth-order valence-electron chi connectivity index (χ4n) is 0.986. The Morgan fingerprint density at radius 2 is 2.36 bits per heavy atom. The molecule has 0 aliphatic rings. The van der Waals surface area contributed by atoms with Crippen molar-refractivity contribution in [3.63, 3.8) is 0 Å². The monoisotopic (exact) mass is 212 g/mol. The first-order valence-electron chi connectivity index (χ1n) is 4.88. The first-order valence-corrected chi connectivity index (χ1v) is 5.76. The van der Waals surface area contributed by atoms with Crippen LogP contribution in [-0.4, -0.2) is 17.4 Å². The van der Waals surface area contributed by atoms with Gasteiger partial charge in [0.25, 0.3) is 5.91 Å². The molecule has 0 saturated heterocycles. The van der Waals surface area contributed by atoms with Crippen molar-refractivity contribution in [1.82, 2.24) is 10.3 Å². The molecule has 1 rings (SSSR count). The molecule has 1 aromatic rings. The third-order valence-corrected chi connectivity index (χ3v) is 2.93. The summed E-state index contributed by atoms with van der Waals surface area (Å²) in [6, 6.07) is 0. The molecule has 0 saturated carbocycles. The van der Waals surface area contributed by atoms with E-state index in [0.29, 0.717) is 18.2 Å². The van der Waals surface area contributed by atoms with Gasteiger partial charge in [0.1, 0.15) is 5.69 Å². The van der Waals surface area contributed by atoms with Crippen molar-refractivity contribution in [3.8, 4) is 0 Å². The van der Waals surface area contributed by atoms with E-state index >= 15 is 0 Å². The molecule has 0 aliphatic carbocycles. The summed E-state index contributed by atoms with van der Waals surface area (Å²) < 4.78 is 0. The van der Waals surface area contributed by atoms with Crippen molar-refractivity contribution in [2.75, 3.05) is 6.54 Å². The molecular weight excluding hydrogens is 196 g/mol. The summed E-state index contributed by atoms with van der Waals surface area (Å²) in [5.41, 5.74) is 0.548. The molecule has 78 valence electrons. The molecule has 0 aliphatic heterocycles. The number of thiazole rings is 1. The van der Waals surface area contributed by atoms with Crippen LogP contribution >= 0.6 is 11.3 Å². The van der Waals surface area contributed by atoms with E-state index in [9.17, 15) is 4.79 Å². The van der Waals surface area contributed by atoms with E-state index in [0.717, 1.165) is 11.4 Å². The Morgan fingerprint density at radius 3 is 2.86 bits per heavy atom. The lowest BCUT2D eigenvalue weighted by Gasteiger charge is -1.99. The second-order valence-electron chi connectivity index (χ2n) is 3.48. The number of hydrogen-bond acceptors (Lipinski definition) is 3. The average Bonchev–Trinajstić information content (AvgIpc) is 2.62. The van der Waals surface area contributed by atoms with Crippen LogP contribution in [0.15, 0.2) is 5.38 Å². The normalized spacial score (nSPS) is 10.6. The molecule has 0 fully saturated rings.